The van der Waals surface area contributed by atoms with Crippen molar-refractivity contribution >= 4 is 43.5 Å². The Morgan fingerprint density at radius 1 is 1.10 bits per heavy atom. The molecule has 0 saturated heterocycles. The molecule has 1 nitrogen and oxygen atoms in total. The number of ether oxygens (including phenoxy) is 1. The molecule has 0 amide bonds. The lowest BCUT2D eigenvalue weighted by Gasteiger charge is -2.09. The van der Waals surface area contributed by atoms with Gasteiger partial charge in [-0.3, -0.25) is 0 Å². The Morgan fingerprint density at radius 3 is 2.40 bits per heavy atom. The third-order valence-corrected chi connectivity index (χ3v) is 4.68. The van der Waals surface area contributed by atoms with Gasteiger partial charge in [0.2, 0.25) is 0 Å². The summed E-state index contributed by atoms with van der Waals surface area (Å²) in [5.41, 5.74) is 3.49. The molecule has 20 heavy (non-hydrogen) atoms. The fourth-order valence-corrected chi connectivity index (χ4v) is 3.58. The van der Waals surface area contributed by atoms with Crippen LogP contribution in [0.2, 0.25) is 5.02 Å². The van der Waals surface area contributed by atoms with Gasteiger partial charge < -0.3 is 4.74 Å². The zero-order valence-electron chi connectivity index (χ0n) is 11.1. The minimum absolute atomic E-state index is 0.687. The van der Waals surface area contributed by atoms with Crippen molar-refractivity contribution in [3.05, 3.63) is 62.6 Å². The van der Waals surface area contributed by atoms with E-state index in [2.05, 4.69) is 50.1 Å². The first-order valence-electron chi connectivity index (χ1n) is 6.38. The number of hydrogen-bond donors (Lipinski definition) is 0. The van der Waals surface area contributed by atoms with Gasteiger partial charge in [0, 0.05) is 14.8 Å². The molecule has 2 aromatic carbocycles. The number of hydrogen-bond acceptors (Lipinski definition) is 1. The van der Waals surface area contributed by atoms with Gasteiger partial charge in [-0.05, 0) is 54.3 Å². The molecule has 0 radical (unpaired) electrons. The van der Waals surface area contributed by atoms with Gasteiger partial charge in [-0.2, -0.15) is 0 Å². The lowest BCUT2D eigenvalue weighted by atomic mass is 10.0. The summed E-state index contributed by atoms with van der Waals surface area (Å²) in [6, 6.07) is 12.2. The Bertz CT molecular complexity index is 582. The number of benzene rings is 2. The van der Waals surface area contributed by atoms with Gasteiger partial charge in [0.1, 0.15) is 5.75 Å². The molecule has 2 rings (SSSR count). The van der Waals surface area contributed by atoms with Gasteiger partial charge in [0.05, 0.1) is 6.61 Å². The second-order valence-corrected chi connectivity index (χ2v) is 6.24. The van der Waals surface area contributed by atoms with E-state index in [1.54, 1.807) is 0 Å². The third-order valence-electron chi connectivity index (χ3n) is 2.99. The maximum Gasteiger partial charge on any atom is 0.119 e. The molecule has 0 N–H and O–H groups in total. The van der Waals surface area contributed by atoms with Crippen LogP contribution in [0.15, 0.2) is 40.9 Å². The Morgan fingerprint density at radius 2 is 1.80 bits per heavy atom. The molecular weight excluding hydrogens is 403 g/mol. The first-order chi connectivity index (χ1) is 9.63. The summed E-state index contributed by atoms with van der Waals surface area (Å²) in [6.45, 7) is 2.67. The minimum atomic E-state index is 0.687. The van der Waals surface area contributed by atoms with Gasteiger partial charge in [0.15, 0.2) is 0 Å². The predicted octanol–water partition coefficient (Wildman–Crippen LogP) is 5.99. The molecule has 0 fully saturated rings. The van der Waals surface area contributed by atoms with Crippen LogP contribution in [0, 0.1) is 0 Å². The summed E-state index contributed by atoms with van der Waals surface area (Å²) in [5, 5.41) is 1.59. The second-order valence-electron chi connectivity index (χ2n) is 4.42. The first-order valence-corrected chi connectivity index (χ1v) is 8.67. The monoisotopic (exact) mass is 416 g/mol. The molecular formula is C16H15Br2ClO. The largest absolute Gasteiger partial charge is 0.494 e. The summed E-state index contributed by atoms with van der Waals surface area (Å²) in [5.74, 6) is 0.901. The van der Waals surface area contributed by atoms with Crippen LogP contribution in [-0.4, -0.2) is 6.61 Å². The maximum atomic E-state index is 6.34. The van der Waals surface area contributed by atoms with E-state index in [-0.39, 0.29) is 0 Å². The van der Waals surface area contributed by atoms with E-state index in [1.165, 1.54) is 5.56 Å². The molecule has 0 saturated carbocycles. The molecule has 0 aliphatic heterocycles. The molecule has 0 bridgehead atoms. The molecule has 106 valence electrons. The van der Waals surface area contributed by atoms with Crippen molar-refractivity contribution < 1.29 is 4.74 Å². The van der Waals surface area contributed by atoms with Crippen molar-refractivity contribution in [2.75, 3.05) is 6.61 Å². The smallest absolute Gasteiger partial charge is 0.119 e. The van der Waals surface area contributed by atoms with Gasteiger partial charge >= 0.3 is 0 Å². The van der Waals surface area contributed by atoms with E-state index >= 15 is 0 Å². The quantitative estimate of drug-likeness (QED) is 0.542. The highest BCUT2D eigenvalue weighted by molar-refractivity contribution is 9.10. The Balaban J connectivity index is 2.19. The lowest BCUT2D eigenvalue weighted by molar-refractivity contribution is 0.340. The Hall–Kier alpha value is -0.510. The van der Waals surface area contributed by atoms with E-state index < -0.39 is 0 Å². The van der Waals surface area contributed by atoms with Crippen LogP contribution in [0.1, 0.15) is 23.6 Å². The van der Waals surface area contributed by atoms with Crippen molar-refractivity contribution in [2.45, 2.75) is 18.7 Å². The zero-order chi connectivity index (χ0) is 14.5. The SMILES string of the molecule is CCOc1ccc(Cc2cc(Br)c(CBr)cc2Cl)cc1. The van der Waals surface area contributed by atoms with Crippen LogP contribution in [0.3, 0.4) is 0 Å². The van der Waals surface area contributed by atoms with Crippen molar-refractivity contribution in [2.24, 2.45) is 0 Å². The molecule has 0 heterocycles. The zero-order valence-corrected chi connectivity index (χ0v) is 15.1. The summed E-state index contributed by atoms with van der Waals surface area (Å²) in [6.07, 6.45) is 0.812. The standard InChI is InChI=1S/C16H15Br2ClO/c1-2-20-14-5-3-11(4-6-14)7-12-8-15(18)13(10-17)9-16(12)19/h3-6,8-9H,2,7,10H2,1H3. The van der Waals surface area contributed by atoms with Crippen molar-refractivity contribution in [3.8, 4) is 5.75 Å². The molecule has 0 aliphatic carbocycles. The van der Waals surface area contributed by atoms with Crippen molar-refractivity contribution in [1.29, 1.82) is 0 Å². The summed E-state index contributed by atoms with van der Waals surface area (Å²) in [7, 11) is 0. The van der Waals surface area contributed by atoms with E-state index in [4.69, 9.17) is 16.3 Å². The van der Waals surface area contributed by atoms with Crippen LogP contribution >= 0.6 is 43.5 Å². The van der Waals surface area contributed by atoms with Crippen LogP contribution in [0.4, 0.5) is 0 Å². The van der Waals surface area contributed by atoms with Crippen LogP contribution in [0.25, 0.3) is 0 Å². The topological polar surface area (TPSA) is 9.23 Å². The number of rotatable bonds is 5. The minimum Gasteiger partial charge on any atom is -0.494 e. The van der Waals surface area contributed by atoms with E-state index in [0.717, 1.165) is 38.1 Å². The van der Waals surface area contributed by atoms with Crippen molar-refractivity contribution in [1.82, 2.24) is 0 Å². The van der Waals surface area contributed by atoms with Gasteiger partial charge in [-0.1, -0.05) is 55.6 Å². The second kappa shape index (κ2) is 7.48. The molecule has 0 atom stereocenters. The van der Waals surface area contributed by atoms with Gasteiger partial charge in [0.25, 0.3) is 0 Å². The lowest BCUT2D eigenvalue weighted by Crippen LogP contribution is -1.94. The fraction of sp³-hybridized carbons (Fsp3) is 0.250. The highest BCUT2D eigenvalue weighted by Crippen LogP contribution is 2.29. The summed E-state index contributed by atoms with van der Waals surface area (Å²) < 4.78 is 6.53. The molecule has 0 aliphatic rings. The average Bonchev–Trinajstić information content (AvgIpc) is 2.45. The van der Waals surface area contributed by atoms with E-state index in [0.29, 0.717) is 6.61 Å². The first kappa shape index (κ1) is 15.9. The highest BCUT2D eigenvalue weighted by atomic mass is 79.9. The molecule has 0 unspecified atom stereocenters. The van der Waals surface area contributed by atoms with Crippen LogP contribution in [0.5, 0.6) is 5.75 Å². The molecule has 2 aromatic rings. The molecule has 0 spiro atoms. The average molecular weight is 419 g/mol. The fourth-order valence-electron chi connectivity index (χ4n) is 1.96. The normalized spacial score (nSPS) is 10.6. The Kier molecular flexibility index (Phi) is 5.94. The summed E-state index contributed by atoms with van der Waals surface area (Å²) in [4.78, 5) is 0. The maximum absolute atomic E-state index is 6.34. The van der Waals surface area contributed by atoms with Crippen LogP contribution in [-0.2, 0) is 11.8 Å². The third kappa shape index (κ3) is 4.00. The molecule has 0 aromatic heterocycles. The summed E-state index contributed by atoms with van der Waals surface area (Å²) >= 11 is 13.4. The molecule has 4 heteroatoms. The van der Waals surface area contributed by atoms with Crippen LogP contribution < -0.4 is 4.74 Å². The predicted molar refractivity (Wildman–Crippen MR) is 92.2 cm³/mol. The van der Waals surface area contributed by atoms with Gasteiger partial charge in [-0.25, -0.2) is 0 Å². The number of halogens is 3. The Labute approximate surface area is 141 Å². The van der Waals surface area contributed by atoms with E-state index in [1.807, 2.05) is 25.1 Å². The highest BCUT2D eigenvalue weighted by Gasteiger charge is 2.07. The number of alkyl halides is 1. The van der Waals surface area contributed by atoms with Crippen molar-refractivity contribution in [3.63, 3.8) is 0 Å². The van der Waals surface area contributed by atoms with Gasteiger partial charge in [-0.15, -0.1) is 0 Å². The van der Waals surface area contributed by atoms with E-state index in [9.17, 15) is 0 Å².